The van der Waals surface area contributed by atoms with Gasteiger partial charge in [0.25, 0.3) is 0 Å². The number of alkyl halides is 1. The summed E-state index contributed by atoms with van der Waals surface area (Å²) in [5.41, 5.74) is 1.42. The van der Waals surface area contributed by atoms with Crippen LogP contribution in [-0.2, 0) is 0 Å². The first-order chi connectivity index (χ1) is 9.10. The Bertz CT molecular complexity index is 457. The van der Waals surface area contributed by atoms with Crippen molar-refractivity contribution in [1.82, 2.24) is 4.90 Å². The van der Waals surface area contributed by atoms with Gasteiger partial charge in [-0.1, -0.05) is 11.6 Å². The third kappa shape index (κ3) is 3.85. The highest BCUT2D eigenvalue weighted by Gasteiger charge is 2.19. The van der Waals surface area contributed by atoms with Crippen LogP contribution in [0, 0.1) is 0 Å². The highest BCUT2D eigenvalue weighted by Crippen LogP contribution is 2.24. The summed E-state index contributed by atoms with van der Waals surface area (Å²) in [5.74, 6) is -0.123. The molecule has 0 unspecified atom stereocenters. The van der Waals surface area contributed by atoms with Gasteiger partial charge in [-0.25, -0.2) is 0 Å². The number of rotatable bonds is 4. The van der Waals surface area contributed by atoms with Crippen molar-refractivity contribution in [1.29, 1.82) is 0 Å². The lowest BCUT2D eigenvalue weighted by Gasteiger charge is -2.30. The molecule has 0 aliphatic carbocycles. The molecule has 2 rings (SSSR count). The maximum atomic E-state index is 11.8. The number of ketones is 1. The quantitative estimate of drug-likeness (QED) is 0.684. The largest absolute Gasteiger partial charge is 0.382 e. The first kappa shape index (κ1) is 14.6. The Kier molecular flexibility index (Phi) is 5.08. The van der Waals surface area contributed by atoms with Gasteiger partial charge in [0, 0.05) is 22.3 Å². The fourth-order valence-electron chi connectivity index (χ4n) is 2.32. The average molecular weight is 301 g/mol. The second-order valence-corrected chi connectivity index (χ2v) is 5.67. The SMILES string of the molecule is CN1CCC(Nc2ccc(Cl)cc2C(=O)CCl)CC1. The first-order valence-corrected chi connectivity index (χ1v) is 7.35. The Labute approximate surface area is 123 Å². The molecule has 0 amide bonds. The fraction of sp³-hybridized carbons (Fsp3) is 0.500. The summed E-state index contributed by atoms with van der Waals surface area (Å²) in [6, 6.07) is 5.74. The summed E-state index contributed by atoms with van der Waals surface area (Å²) in [6.45, 7) is 2.15. The van der Waals surface area contributed by atoms with E-state index in [0.29, 0.717) is 16.6 Å². The summed E-state index contributed by atoms with van der Waals surface area (Å²) in [4.78, 5) is 14.2. The number of piperidine rings is 1. The van der Waals surface area contributed by atoms with Crippen molar-refractivity contribution < 1.29 is 4.79 Å². The Balaban J connectivity index is 2.13. The molecule has 1 aromatic carbocycles. The average Bonchev–Trinajstić information content (AvgIpc) is 2.42. The molecule has 1 aromatic rings. The molecule has 1 fully saturated rings. The maximum Gasteiger partial charge on any atom is 0.179 e. The first-order valence-electron chi connectivity index (χ1n) is 6.44. The Hall–Kier alpha value is -0.770. The van der Waals surface area contributed by atoms with Gasteiger partial charge in [0.2, 0.25) is 0 Å². The van der Waals surface area contributed by atoms with Gasteiger partial charge in [-0.15, -0.1) is 11.6 Å². The third-order valence-corrected chi connectivity index (χ3v) is 3.96. The molecular weight excluding hydrogens is 283 g/mol. The number of nitrogens with one attached hydrogen (secondary N) is 1. The molecule has 0 radical (unpaired) electrons. The van der Waals surface area contributed by atoms with Crippen LogP contribution in [0.5, 0.6) is 0 Å². The summed E-state index contributed by atoms with van der Waals surface area (Å²) in [7, 11) is 2.13. The van der Waals surface area contributed by atoms with Crippen molar-refractivity contribution in [3.63, 3.8) is 0 Å². The zero-order valence-electron chi connectivity index (χ0n) is 11.0. The van der Waals surface area contributed by atoms with E-state index in [1.54, 1.807) is 12.1 Å². The van der Waals surface area contributed by atoms with Crippen LogP contribution < -0.4 is 5.32 Å². The van der Waals surface area contributed by atoms with Crippen LogP contribution >= 0.6 is 23.2 Å². The summed E-state index contributed by atoms with van der Waals surface area (Å²) >= 11 is 11.6. The number of hydrogen-bond donors (Lipinski definition) is 1. The van der Waals surface area contributed by atoms with Crippen LogP contribution in [-0.4, -0.2) is 42.7 Å². The van der Waals surface area contributed by atoms with Crippen molar-refractivity contribution in [2.24, 2.45) is 0 Å². The maximum absolute atomic E-state index is 11.8. The highest BCUT2D eigenvalue weighted by molar-refractivity contribution is 6.33. The molecule has 0 aromatic heterocycles. The van der Waals surface area contributed by atoms with Gasteiger partial charge in [-0.2, -0.15) is 0 Å². The lowest BCUT2D eigenvalue weighted by Crippen LogP contribution is -2.37. The zero-order valence-corrected chi connectivity index (χ0v) is 12.5. The number of benzene rings is 1. The number of Topliss-reactive ketones (excluding diaryl/α,β-unsaturated/α-hetero) is 1. The predicted octanol–water partition coefficient (Wildman–Crippen LogP) is 3.27. The lowest BCUT2D eigenvalue weighted by molar-refractivity contribution is 0.102. The third-order valence-electron chi connectivity index (χ3n) is 3.48. The standard InChI is InChI=1S/C14H18Cl2N2O/c1-18-6-4-11(5-7-18)17-13-3-2-10(16)8-12(13)14(19)9-15/h2-3,8,11,17H,4-7,9H2,1H3. The molecule has 1 aliphatic rings. The molecule has 3 nitrogen and oxygen atoms in total. The van der Waals surface area contributed by atoms with Gasteiger partial charge < -0.3 is 10.2 Å². The van der Waals surface area contributed by atoms with E-state index in [2.05, 4.69) is 17.3 Å². The van der Waals surface area contributed by atoms with E-state index in [9.17, 15) is 4.79 Å². The summed E-state index contributed by atoms with van der Waals surface area (Å²) in [6.07, 6.45) is 2.15. The number of halogens is 2. The summed E-state index contributed by atoms with van der Waals surface area (Å²) < 4.78 is 0. The monoisotopic (exact) mass is 300 g/mol. The molecule has 0 saturated carbocycles. The number of likely N-dealkylation sites (tertiary alicyclic amines) is 1. The van der Waals surface area contributed by atoms with E-state index in [0.717, 1.165) is 31.6 Å². The second-order valence-electron chi connectivity index (χ2n) is 4.97. The van der Waals surface area contributed by atoms with Gasteiger partial charge in [-0.3, -0.25) is 4.79 Å². The van der Waals surface area contributed by atoms with Crippen molar-refractivity contribution in [2.75, 3.05) is 31.3 Å². The van der Waals surface area contributed by atoms with Crippen molar-refractivity contribution >= 4 is 34.7 Å². The van der Waals surface area contributed by atoms with E-state index in [-0.39, 0.29) is 11.7 Å². The Morgan fingerprint density at radius 1 is 1.42 bits per heavy atom. The van der Waals surface area contributed by atoms with Gasteiger partial charge in [0.15, 0.2) is 5.78 Å². The van der Waals surface area contributed by atoms with E-state index < -0.39 is 0 Å². The molecule has 0 spiro atoms. The van der Waals surface area contributed by atoms with E-state index in [1.807, 2.05) is 6.07 Å². The van der Waals surface area contributed by atoms with Gasteiger partial charge in [-0.05, 0) is 51.2 Å². The molecular formula is C14H18Cl2N2O. The van der Waals surface area contributed by atoms with Crippen LogP contribution in [0.4, 0.5) is 5.69 Å². The highest BCUT2D eigenvalue weighted by atomic mass is 35.5. The van der Waals surface area contributed by atoms with Crippen molar-refractivity contribution in [3.05, 3.63) is 28.8 Å². The molecule has 0 bridgehead atoms. The fourth-order valence-corrected chi connectivity index (χ4v) is 2.63. The van der Waals surface area contributed by atoms with Crippen molar-refractivity contribution in [2.45, 2.75) is 18.9 Å². The topological polar surface area (TPSA) is 32.3 Å². The smallest absolute Gasteiger partial charge is 0.179 e. The minimum Gasteiger partial charge on any atom is -0.382 e. The minimum atomic E-state index is -0.0976. The second kappa shape index (κ2) is 6.60. The van der Waals surface area contributed by atoms with Crippen LogP contribution in [0.25, 0.3) is 0 Å². The number of carbonyl (C=O) groups excluding carboxylic acids is 1. The number of carbonyl (C=O) groups is 1. The van der Waals surface area contributed by atoms with Crippen molar-refractivity contribution in [3.8, 4) is 0 Å². The molecule has 104 valence electrons. The van der Waals surface area contributed by atoms with E-state index in [1.165, 1.54) is 0 Å². The molecule has 1 saturated heterocycles. The number of hydrogen-bond acceptors (Lipinski definition) is 3. The summed E-state index contributed by atoms with van der Waals surface area (Å²) in [5, 5.41) is 4.01. The van der Waals surface area contributed by atoms with E-state index in [4.69, 9.17) is 23.2 Å². The molecule has 1 N–H and O–H groups in total. The molecule has 1 heterocycles. The lowest BCUT2D eigenvalue weighted by atomic mass is 10.0. The molecule has 0 atom stereocenters. The number of anilines is 1. The van der Waals surface area contributed by atoms with E-state index >= 15 is 0 Å². The predicted molar refractivity (Wildman–Crippen MR) is 80.6 cm³/mol. The normalized spacial score (nSPS) is 17.4. The van der Waals surface area contributed by atoms with Crippen LogP contribution in [0.2, 0.25) is 5.02 Å². The van der Waals surface area contributed by atoms with Crippen LogP contribution in [0.3, 0.4) is 0 Å². The van der Waals surface area contributed by atoms with Gasteiger partial charge in [0.05, 0.1) is 5.88 Å². The Morgan fingerprint density at radius 2 is 2.11 bits per heavy atom. The van der Waals surface area contributed by atoms with Crippen LogP contribution in [0.15, 0.2) is 18.2 Å². The van der Waals surface area contributed by atoms with Gasteiger partial charge in [0.1, 0.15) is 0 Å². The minimum absolute atomic E-state index is 0.0254. The van der Waals surface area contributed by atoms with Crippen LogP contribution in [0.1, 0.15) is 23.2 Å². The zero-order chi connectivity index (χ0) is 13.8. The Morgan fingerprint density at radius 3 is 2.74 bits per heavy atom. The molecule has 19 heavy (non-hydrogen) atoms. The molecule has 1 aliphatic heterocycles. The van der Waals surface area contributed by atoms with Gasteiger partial charge >= 0.3 is 0 Å². The number of nitrogens with zero attached hydrogens (tertiary/aromatic N) is 1. The molecule has 5 heteroatoms.